The van der Waals surface area contributed by atoms with Crippen LogP contribution in [-0.2, 0) is 0 Å². The number of anilines is 1. The van der Waals surface area contributed by atoms with Crippen LogP contribution in [-0.4, -0.2) is 10.9 Å². The van der Waals surface area contributed by atoms with Gasteiger partial charge in [-0.05, 0) is 30.2 Å². The summed E-state index contributed by atoms with van der Waals surface area (Å²) >= 11 is 0. The molecule has 0 fully saturated rings. The Morgan fingerprint density at radius 2 is 2.00 bits per heavy atom. The van der Waals surface area contributed by atoms with Crippen LogP contribution in [0, 0.1) is 18.3 Å². The highest BCUT2D eigenvalue weighted by Crippen LogP contribution is 2.21. The van der Waals surface area contributed by atoms with Crippen molar-refractivity contribution in [3.8, 4) is 6.07 Å². The monoisotopic (exact) mass is 269 g/mol. The topological polar surface area (TPSA) is 78.9 Å². The van der Waals surface area contributed by atoms with Crippen molar-refractivity contribution >= 4 is 11.6 Å². The average molecular weight is 269 g/mol. The van der Waals surface area contributed by atoms with E-state index in [1.807, 2.05) is 19.9 Å². The first-order chi connectivity index (χ1) is 9.51. The molecule has 0 aliphatic heterocycles. The molecule has 0 atom stereocenters. The SMILES string of the molecule is Cc1nc(C(C)C)c(C(=O)Nc2ccc(C#N)cc2)o1. The Bertz CT molecular complexity index is 663. The van der Waals surface area contributed by atoms with Crippen molar-refractivity contribution in [2.75, 3.05) is 5.32 Å². The number of rotatable bonds is 3. The molecule has 0 aliphatic rings. The molecule has 1 amide bonds. The normalized spacial score (nSPS) is 10.3. The maximum absolute atomic E-state index is 12.2. The van der Waals surface area contributed by atoms with E-state index in [9.17, 15) is 4.79 Å². The van der Waals surface area contributed by atoms with Crippen molar-refractivity contribution in [3.63, 3.8) is 0 Å². The summed E-state index contributed by atoms with van der Waals surface area (Å²) in [5, 5.41) is 11.5. The van der Waals surface area contributed by atoms with Gasteiger partial charge in [-0.25, -0.2) is 4.98 Å². The van der Waals surface area contributed by atoms with E-state index in [4.69, 9.17) is 9.68 Å². The van der Waals surface area contributed by atoms with Crippen LogP contribution in [0.25, 0.3) is 0 Å². The van der Waals surface area contributed by atoms with Gasteiger partial charge in [0.15, 0.2) is 5.89 Å². The molecule has 0 radical (unpaired) electrons. The van der Waals surface area contributed by atoms with Gasteiger partial charge in [0.2, 0.25) is 5.76 Å². The molecule has 0 spiro atoms. The highest BCUT2D eigenvalue weighted by Gasteiger charge is 2.21. The van der Waals surface area contributed by atoms with Crippen LogP contribution in [0.3, 0.4) is 0 Å². The fourth-order valence-electron chi connectivity index (χ4n) is 1.81. The molecule has 5 nitrogen and oxygen atoms in total. The molecule has 0 aliphatic carbocycles. The van der Waals surface area contributed by atoms with E-state index < -0.39 is 0 Å². The molecule has 0 saturated carbocycles. The standard InChI is InChI=1S/C15H15N3O2/c1-9(2)13-14(20-10(3)17-13)15(19)18-12-6-4-11(8-16)5-7-12/h4-7,9H,1-3H3,(H,18,19). The minimum atomic E-state index is -0.334. The average Bonchev–Trinajstić information content (AvgIpc) is 2.82. The maximum atomic E-state index is 12.2. The number of benzene rings is 1. The van der Waals surface area contributed by atoms with Crippen LogP contribution in [0.5, 0.6) is 0 Å². The fraction of sp³-hybridized carbons (Fsp3) is 0.267. The third kappa shape index (κ3) is 2.86. The lowest BCUT2D eigenvalue weighted by Crippen LogP contribution is -2.13. The van der Waals surface area contributed by atoms with Crippen LogP contribution in [0.4, 0.5) is 5.69 Å². The largest absolute Gasteiger partial charge is 0.436 e. The van der Waals surface area contributed by atoms with Crippen LogP contribution in [0.15, 0.2) is 28.7 Å². The second-order valence-corrected chi connectivity index (χ2v) is 4.75. The number of oxazole rings is 1. The zero-order valence-electron chi connectivity index (χ0n) is 11.6. The van der Waals surface area contributed by atoms with Crippen molar-refractivity contribution < 1.29 is 9.21 Å². The second kappa shape index (κ2) is 5.57. The quantitative estimate of drug-likeness (QED) is 0.927. The third-order valence-electron chi connectivity index (χ3n) is 2.79. The van der Waals surface area contributed by atoms with E-state index >= 15 is 0 Å². The number of nitrogens with zero attached hydrogens (tertiary/aromatic N) is 2. The first kappa shape index (κ1) is 13.8. The molecular formula is C15H15N3O2. The number of hydrogen-bond acceptors (Lipinski definition) is 4. The maximum Gasteiger partial charge on any atom is 0.293 e. The lowest BCUT2D eigenvalue weighted by atomic mass is 10.1. The van der Waals surface area contributed by atoms with Gasteiger partial charge in [-0.15, -0.1) is 0 Å². The Morgan fingerprint density at radius 1 is 1.35 bits per heavy atom. The summed E-state index contributed by atoms with van der Waals surface area (Å²) in [5.74, 6) is 0.480. The van der Waals surface area contributed by atoms with Gasteiger partial charge in [0.1, 0.15) is 0 Å². The van der Waals surface area contributed by atoms with Crippen molar-refractivity contribution in [3.05, 3.63) is 47.2 Å². The van der Waals surface area contributed by atoms with Crippen LogP contribution in [0.1, 0.15) is 47.5 Å². The summed E-state index contributed by atoms with van der Waals surface area (Å²) < 4.78 is 5.38. The van der Waals surface area contributed by atoms with E-state index in [1.165, 1.54) is 0 Å². The Morgan fingerprint density at radius 3 is 2.55 bits per heavy atom. The van der Waals surface area contributed by atoms with Gasteiger partial charge in [0.25, 0.3) is 5.91 Å². The number of amides is 1. The highest BCUT2D eigenvalue weighted by atomic mass is 16.4. The highest BCUT2D eigenvalue weighted by molar-refractivity contribution is 6.03. The third-order valence-corrected chi connectivity index (χ3v) is 2.79. The molecule has 2 rings (SSSR count). The first-order valence-electron chi connectivity index (χ1n) is 6.30. The van der Waals surface area contributed by atoms with Crippen LogP contribution >= 0.6 is 0 Å². The number of carbonyl (C=O) groups excluding carboxylic acids is 1. The first-order valence-corrected chi connectivity index (χ1v) is 6.30. The Kier molecular flexibility index (Phi) is 3.85. The molecule has 0 saturated heterocycles. The van der Waals surface area contributed by atoms with E-state index in [2.05, 4.69) is 10.3 Å². The zero-order valence-corrected chi connectivity index (χ0v) is 11.6. The summed E-state index contributed by atoms with van der Waals surface area (Å²) in [6, 6.07) is 8.66. The summed E-state index contributed by atoms with van der Waals surface area (Å²) in [5.41, 5.74) is 1.80. The fourth-order valence-corrected chi connectivity index (χ4v) is 1.81. The molecule has 2 aromatic rings. The van der Waals surface area contributed by atoms with Crippen molar-refractivity contribution in [2.45, 2.75) is 26.7 Å². The molecule has 1 aromatic heterocycles. The molecule has 0 unspecified atom stereocenters. The van der Waals surface area contributed by atoms with E-state index in [0.717, 1.165) is 0 Å². The predicted molar refractivity (Wildman–Crippen MR) is 74.4 cm³/mol. The summed E-state index contributed by atoms with van der Waals surface area (Å²) in [7, 11) is 0. The summed E-state index contributed by atoms with van der Waals surface area (Å²) in [6.45, 7) is 5.62. The number of aryl methyl sites for hydroxylation is 1. The number of nitriles is 1. The molecule has 5 heteroatoms. The Hall–Kier alpha value is -2.61. The molecule has 1 heterocycles. The predicted octanol–water partition coefficient (Wildman–Crippen LogP) is 3.23. The van der Waals surface area contributed by atoms with E-state index in [0.29, 0.717) is 22.8 Å². The lowest BCUT2D eigenvalue weighted by Gasteiger charge is -2.05. The molecule has 102 valence electrons. The Balaban J connectivity index is 2.21. The van der Waals surface area contributed by atoms with Gasteiger partial charge < -0.3 is 9.73 Å². The molecular weight excluding hydrogens is 254 g/mol. The Labute approximate surface area is 117 Å². The van der Waals surface area contributed by atoms with Gasteiger partial charge in [-0.2, -0.15) is 5.26 Å². The van der Waals surface area contributed by atoms with Crippen molar-refractivity contribution in [1.82, 2.24) is 4.98 Å². The smallest absolute Gasteiger partial charge is 0.293 e. The van der Waals surface area contributed by atoms with Gasteiger partial charge in [0.05, 0.1) is 17.3 Å². The van der Waals surface area contributed by atoms with E-state index in [-0.39, 0.29) is 17.6 Å². The summed E-state index contributed by atoms with van der Waals surface area (Å²) in [6.07, 6.45) is 0. The van der Waals surface area contributed by atoms with Crippen LogP contribution < -0.4 is 5.32 Å². The molecule has 20 heavy (non-hydrogen) atoms. The van der Waals surface area contributed by atoms with Gasteiger partial charge in [-0.3, -0.25) is 4.79 Å². The number of hydrogen-bond donors (Lipinski definition) is 1. The van der Waals surface area contributed by atoms with E-state index in [1.54, 1.807) is 31.2 Å². The number of nitrogens with one attached hydrogen (secondary N) is 1. The minimum Gasteiger partial charge on any atom is -0.436 e. The second-order valence-electron chi connectivity index (χ2n) is 4.75. The van der Waals surface area contributed by atoms with Gasteiger partial charge >= 0.3 is 0 Å². The van der Waals surface area contributed by atoms with Gasteiger partial charge in [-0.1, -0.05) is 13.8 Å². The molecule has 1 aromatic carbocycles. The minimum absolute atomic E-state index is 0.106. The zero-order chi connectivity index (χ0) is 14.7. The summed E-state index contributed by atoms with van der Waals surface area (Å²) in [4.78, 5) is 16.4. The van der Waals surface area contributed by atoms with Crippen molar-refractivity contribution in [1.29, 1.82) is 5.26 Å². The lowest BCUT2D eigenvalue weighted by molar-refractivity contribution is 0.0993. The van der Waals surface area contributed by atoms with Crippen molar-refractivity contribution in [2.24, 2.45) is 0 Å². The molecule has 1 N–H and O–H groups in total. The van der Waals surface area contributed by atoms with Crippen LogP contribution in [0.2, 0.25) is 0 Å². The number of carbonyl (C=O) groups is 1. The number of aromatic nitrogens is 1. The van der Waals surface area contributed by atoms with Gasteiger partial charge in [0, 0.05) is 12.6 Å². The molecule has 0 bridgehead atoms.